The van der Waals surface area contributed by atoms with Crippen molar-refractivity contribution in [3.63, 3.8) is 0 Å². The first-order valence-corrected chi connectivity index (χ1v) is 5.12. The summed E-state index contributed by atoms with van der Waals surface area (Å²) < 4.78 is 0. The molecule has 1 heteroatoms. The van der Waals surface area contributed by atoms with Crippen LogP contribution in [0.3, 0.4) is 0 Å². The molecule has 0 amide bonds. The molecule has 0 nitrogen and oxygen atoms in total. The molecular formula is C15H16Ti. The Morgan fingerprint density at radius 2 is 1.31 bits per heavy atom. The molecule has 0 aromatic rings. The van der Waals surface area contributed by atoms with Crippen molar-refractivity contribution in [2.24, 2.45) is 0 Å². The van der Waals surface area contributed by atoms with E-state index in [9.17, 15) is 0 Å². The monoisotopic (exact) mass is 244 g/mol. The van der Waals surface area contributed by atoms with Crippen molar-refractivity contribution < 1.29 is 26.0 Å². The van der Waals surface area contributed by atoms with Crippen LogP contribution in [-0.4, -0.2) is 0 Å². The molecule has 0 fully saturated rings. The maximum absolute atomic E-state index is 2.99. The fraction of sp³-hybridized carbons (Fsp3) is 0.0667. The molecule has 80 valence electrons. The second kappa shape index (κ2) is 7.21. The van der Waals surface area contributed by atoms with Crippen molar-refractivity contribution in [1.29, 1.82) is 0 Å². The zero-order valence-corrected chi connectivity index (χ0v) is 10.6. The van der Waals surface area contributed by atoms with E-state index in [0.717, 1.165) is 6.42 Å². The van der Waals surface area contributed by atoms with Crippen LogP contribution in [0.1, 0.15) is 10.7 Å². The van der Waals surface area contributed by atoms with Gasteiger partial charge in [0.05, 0.1) is 0 Å². The summed E-state index contributed by atoms with van der Waals surface area (Å²) in [4.78, 5) is 0. The predicted octanol–water partition coefficient (Wildman–Crippen LogP) is 4.18. The van der Waals surface area contributed by atoms with Crippen molar-refractivity contribution in [3.8, 4) is 0 Å². The minimum absolute atomic E-state index is 0. The van der Waals surface area contributed by atoms with E-state index >= 15 is 0 Å². The Morgan fingerprint density at radius 1 is 0.812 bits per heavy atom. The molecule has 0 aliphatic heterocycles. The van der Waals surface area contributed by atoms with Crippen LogP contribution in [0.2, 0.25) is 0 Å². The molecule has 0 N–H and O–H groups in total. The Morgan fingerprint density at radius 3 is 1.56 bits per heavy atom. The second-order valence-corrected chi connectivity index (χ2v) is 3.35. The first-order chi connectivity index (χ1) is 7.47. The zero-order chi connectivity index (χ0) is 10.3. The molecule has 0 radical (unpaired) electrons. The quantitative estimate of drug-likeness (QED) is 0.443. The largest absolute Gasteiger partial charge is 4.00 e. The standard InChI is InChI=1S/C10H8.C5H5.Ti.3H/c1-2-6-9(5-1)10-7-3-4-8-10;1-2-4-5-3-1;;;;/h1-8H;1-3H,4H2;;;;/q;-1;+4;3*-1. The fourth-order valence-electron chi connectivity index (χ4n) is 1.47. The van der Waals surface area contributed by atoms with Crippen molar-refractivity contribution in [2.45, 2.75) is 6.42 Å². The van der Waals surface area contributed by atoms with E-state index in [4.69, 9.17) is 0 Å². The second-order valence-electron chi connectivity index (χ2n) is 3.35. The molecule has 16 heavy (non-hydrogen) atoms. The van der Waals surface area contributed by atoms with Gasteiger partial charge in [0.25, 0.3) is 0 Å². The van der Waals surface area contributed by atoms with E-state index in [-0.39, 0.29) is 26.0 Å². The van der Waals surface area contributed by atoms with Crippen LogP contribution in [0.5, 0.6) is 0 Å². The maximum atomic E-state index is 2.99. The Hall–Kier alpha value is -1.11. The van der Waals surface area contributed by atoms with Crippen LogP contribution in [0.4, 0.5) is 0 Å². The molecule has 0 saturated carbocycles. The minimum Gasteiger partial charge on any atom is -1.00 e. The molecule has 0 unspecified atom stereocenters. The van der Waals surface area contributed by atoms with Crippen LogP contribution in [0.15, 0.2) is 78.0 Å². The number of hydrogen-bond donors (Lipinski definition) is 0. The van der Waals surface area contributed by atoms with Gasteiger partial charge in [0, 0.05) is 0 Å². The predicted molar refractivity (Wildman–Crippen MR) is 68.5 cm³/mol. The fourth-order valence-corrected chi connectivity index (χ4v) is 1.47. The van der Waals surface area contributed by atoms with Crippen LogP contribution in [-0.2, 0) is 21.7 Å². The summed E-state index contributed by atoms with van der Waals surface area (Å²) in [6.07, 6.45) is 26.7. The van der Waals surface area contributed by atoms with E-state index in [1.165, 1.54) is 11.1 Å². The van der Waals surface area contributed by atoms with Crippen LogP contribution >= 0.6 is 0 Å². The van der Waals surface area contributed by atoms with E-state index in [1.807, 2.05) is 12.2 Å². The first kappa shape index (κ1) is 13.0. The number of rotatable bonds is 0. The van der Waals surface area contributed by atoms with Gasteiger partial charge in [0.1, 0.15) is 0 Å². The van der Waals surface area contributed by atoms with E-state index in [2.05, 4.69) is 60.8 Å². The number of hydrogen-bond acceptors (Lipinski definition) is 0. The molecule has 0 aromatic heterocycles. The van der Waals surface area contributed by atoms with Crippen LogP contribution in [0, 0.1) is 6.08 Å². The van der Waals surface area contributed by atoms with Gasteiger partial charge in [-0.3, -0.25) is 6.08 Å². The molecule has 0 saturated heterocycles. The molecule has 0 atom stereocenters. The minimum atomic E-state index is 0. The van der Waals surface area contributed by atoms with E-state index < -0.39 is 0 Å². The summed E-state index contributed by atoms with van der Waals surface area (Å²) in [5.41, 5.74) is 2.62. The molecular weight excluding hydrogens is 228 g/mol. The van der Waals surface area contributed by atoms with Crippen molar-refractivity contribution >= 4 is 0 Å². The number of allylic oxidation sites excluding steroid dienone is 14. The maximum Gasteiger partial charge on any atom is 4.00 e. The van der Waals surface area contributed by atoms with Gasteiger partial charge in [-0.1, -0.05) is 48.6 Å². The van der Waals surface area contributed by atoms with Gasteiger partial charge in [-0.25, -0.2) is 12.2 Å². The van der Waals surface area contributed by atoms with Crippen LogP contribution < -0.4 is 0 Å². The molecule has 0 bridgehead atoms. The Balaban J connectivity index is -0.000000253. The topological polar surface area (TPSA) is 0 Å². The van der Waals surface area contributed by atoms with Gasteiger partial charge in [0.15, 0.2) is 0 Å². The van der Waals surface area contributed by atoms with Crippen molar-refractivity contribution in [2.75, 3.05) is 0 Å². The molecule has 3 aliphatic carbocycles. The third-order valence-corrected chi connectivity index (χ3v) is 2.24. The SMILES string of the molecule is C1=CC(=C2C=CC=C2)C=C1.[C-]1=CC=CC1.[H-].[H-].[H-].[Ti+4]. The van der Waals surface area contributed by atoms with Crippen LogP contribution in [0.25, 0.3) is 0 Å². The smallest absolute Gasteiger partial charge is 1.00 e. The van der Waals surface area contributed by atoms with Crippen molar-refractivity contribution in [1.82, 2.24) is 0 Å². The first-order valence-electron chi connectivity index (χ1n) is 5.12. The summed E-state index contributed by atoms with van der Waals surface area (Å²) in [6.45, 7) is 0. The average molecular weight is 244 g/mol. The zero-order valence-electron chi connectivity index (χ0n) is 12.1. The normalized spacial score (nSPS) is 18.0. The van der Waals surface area contributed by atoms with Crippen molar-refractivity contribution in [3.05, 3.63) is 84.1 Å². The van der Waals surface area contributed by atoms with Gasteiger partial charge in [0.2, 0.25) is 0 Å². The summed E-state index contributed by atoms with van der Waals surface area (Å²) in [6, 6.07) is 0. The Kier molecular flexibility index (Phi) is 5.84. The molecule has 3 rings (SSSR count). The third kappa shape index (κ3) is 3.81. The summed E-state index contributed by atoms with van der Waals surface area (Å²) in [7, 11) is 0. The van der Waals surface area contributed by atoms with Gasteiger partial charge in [-0.2, -0.15) is 6.08 Å². The molecule has 0 aromatic carbocycles. The van der Waals surface area contributed by atoms with Gasteiger partial charge >= 0.3 is 21.7 Å². The third-order valence-electron chi connectivity index (χ3n) is 2.24. The Labute approximate surface area is 116 Å². The summed E-state index contributed by atoms with van der Waals surface area (Å²) >= 11 is 0. The van der Waals surface area contributed by atoms with E-state index in [0.29, 0.717) is 0 Å². The Bertz CT molecular complexity index is 370. The van der Waals surface area contributed by atoms with Gasteiger partial charge in [-0.05, 0) is 11.1 Å². The summed E-state index contributed by atoms with van der Waals surface area (Å²) in [5, 5.41) is 0. The molecule has 0 heterocycles. The van der Waals surface area contributed by atoms with E-state index in [1.54, 1.807) is 0 Å². The molecule has 0 spiro atoms. The molecule has 3 aliphatic rings. The van der Waals surface area contributed by atoms with Gasteiger partial charge < -0.3 is 4.28 Å². The van der Waals surface area contributed by atoms with Gasteiger partial charge in [-0.15, -0.1) is 6.42 Å². The summed E-state index contributed by atoms with van der Waals surface area (Å²) in [5.74, 6) is 0. The average Bonchev–Trinajstić information content (AvgIpc) is 3.06.